The zero-order chi connectivity index (χ0) is 18.4. The largest absolute Gasteiger partial charge is 0.491 e. The van der Waals surface area contributed by atoms with E-state index in [4.69, 9.17) is 4.74 Å². The van der Waals surface area contributed by atoms with Crippen molar-refractivity contribution in [1.29, 1.82) is 0 Å². The minimum absolute atomic E-state index is 0.0372. The molecule has 2 N–H and O–H groups in total. The van der Waals surface area contributed by atoms with Gasteiger partial charge in [-0.3, -0.25) is 4.79 Å². The van der Waals surface area contributed by atoms with Crippen LogP contribution in [0.3, 0.4) is 0 Å². The number of carbonyl (C=O) groups excluding carboxylic acids is 1. The van der Waals surface area contributed by atoms with Crippen molar-refractivity contribution < 1.29 is 17.9 Å². The van der Waals surface area contributed by atoms with Crippen LogP contribution < -0.4 is 14.8 Å². The maximum atomic E-state index is 12.5. The Morgan fingerprint density at radius 1 is 1.28 bits per heavy atom. The molecule has 0 saturated carbocycles. The summed E-state index contributed by atoms with van der Waals surface area (Å²) in [5.41, 5.74) is 0.778. The second-order valence-electron chi connectivity index (χ2n) is 5.53. The number of aromatic nitrogens is 1. The SMILES string of the molecule is CCCCOc1ccccc1NC(=O)c1cc(S(=O)(=O)NC)cn1C. The molecule has 0 spiro atoms. The Morgan fingerprint density at radius 2 is 2.00 bits per heavy atom. The van der Waals surface area contributed by atoms with Gasteiger partial charge in [0.25, 0.3) is 5.91 Å². The number of amides is 1. The number of aryl methyl sites for hydroxylation is 1. The first-order valence-corrected chi connectivity index (χ1v) is 9.50. The molecular formula is C17H23N3O4S. The van der Waals surface area contributed by atoms with Gasteiger partial charge < -0.3 is 14.6 Å². The molecule has 1 amide bonds. The third-order valence-electron chi connectivity index (χ3n) is 3.68. The minimum Gasteiger partial charge on any atom is -0.491 e. The molecular weight excluding hydrogens is 342 g/mol. The second kappa shape index (κ2) is 8.17. The van der Waals surface area contributed by atoms with Gasteiger partial charge in [-0.25, -0.2) is 13.1 Å². The molecule has 2 rings (SSSR count). The highest BCUT2D eigenvalue weighted by atomic mass is 32.2. The highest BCUT2D eigenvalue weighted by Crippen LogP contribution is 2.25. The van der Waals surface area contributed by atoms with E-state index < -0.39 is 15.9 Å². The number of nitrogens with zero attached hydrogens (tertiary/aromatic N) is 1. The Bertz CT molecular complexity index is 843. The summed E-state index contributed by atoms with van der Waals surface area (Å²) in [6, 6.07) is 8.49. The zero-order valence-electron chi connectivity index (χ0n) is 14.6. The van der Waals surface area contributed by atoms with E-state index >= 15 is 0 Å². The number of nitrogens with one attached hydrogen (secondary N) is 2. The van der Waals surface area contributed by atoms with Crippen LogP contribution in [0.4, 0.5) is 5.69 Å². The first kappa shape index (κ1) is 19.0. The average Bonchev–Trinajstić information content (AvgIpc) is 2.99. The van der Waals surface area contributed by atoms with Crippen molar-refractivity contribution in [1.82, 2.24) is 9.29 Å². The van der Waals surface area contributed by atoms with E-state index in [-0.39, 0.29) is 10.6 Å². The van der Waals surface area contributed by atoms with E-state index in [2.05, 4.69) is 17.0 Å². The van der Waals surface area contributed by atoms with Crippen LogP contribution in [0.1, 0.15) is 30.3 Å². The summed E-state index contributed by atoms with van der Waals surface area (Å²) >= 11 is 0. The van der Waals surface area contributed by atoms with Crippen molar-refractivity contribution in [2.24, 2.45) is 7.05 Å². The second-order valence-corrected chi connectivity index (χ2v) is 7.42. The van der Waals surface area contributed by atoms with Crippen LogP contribution in [0, 0.1) is 0 Å². The maximum absolute atomic E-state index is 12.5. The number of hydrogen-bond acceptors (Lipinski definition) is 4. The summed E-state index contributed by atoms with van der Waals surface area (Å²) in [4.78, 5) is 12.6. The van der Waals surface area contributed by atoms with Gasteiger partial charge >= 0.3 is 0 Å². The molecule has 0 radical (unpaired) electrons. The summed E-state index contributed by atoms with van der Waals surface area (Å²) in [6.07, 6.45) is 3.33. The number of benzene rings is 1. The van der Waals surface area contributed by atoms with E-state index in [9.17, 15) is 13.2 Å². The van der Waals surface area contributed by atoms with Crippen molar-refractivity contribution in [3.63, 3.8) is 0 Å². The van der Waals surface area contributed by atoms with Crippen molar-refractivity contribution in [2.75, 3.05) is 19.0 Å². The first-order chi connectivity index (χ1) is 11.9. The summed E-state index contributed by atoms with van der Waals surface area (Å²) in [6.45, 7) is 2.64. The fraction of sp³-hybridized carbons (Fsp3) is 0.353. The number of anilines is 1. The van der Waals surface area contributed by atoms with Crippen LogP contribution in [-0.4, -0.2) is 32.5 Å². The van der Waals surface area contributed by atoms with Crippen LogP contribution in [0.25, 0.3) is 0 Å². The van der Waals surface area contributed by atoms with E-state index in [1.807, 2.05) is 6.07 Å². The Hall–Kier alpha value is -2.32. The van der Waals surface area contributed by atoms with Crippen molar-refractivity contribution in [3.8, 4) is 5.75 Å². The number of rotatable bonds is 8. The van der Waals surface area contributed by atoms with Crippen LogP contribution in [-0.2, 0) is 17.1 Å². The van der Waals surface area contributed by atoms with E-state index in [1.54, 1.807) is 25.2 Å². The van der Waals surface area contributed by atoms with Crippen LogP contribution in [0.2, 0.25) is 0 Å². The number of unbranched alkanes of at least 4 members (excludes halogenated alkanes) is 1. The summed E-state index contributed by atoms with van der Waals surface area (Å²) in [5.74, 6) is 0.174. The van der Waals surface area contributed by atoms with Gasteiger partial charge in [0.05, 0.1) is 12.3 Å². The quantitative estimate of drug-likeness (QED) is 0.703. The molecule has 7 nitrogen and oxygen atoms in total. The highest BCUT2D eigenvalue weighted by molar-refractivity contribution is 7.89. The lowest BCUT2D eigenvalue weighted by atomic mass is 10.2. The lowest BCUT2D eigenvalue weighted by Gasteiger charge is -2.12. The fourth-order valence-corrected chi connectivity index (χ4v) is 3.03. The molecule has 1 aromatic carbocycles. The molecule has 2 aromatic rings. The number of carbonyl (C=O) groups is 1. The Balaban J connectivity index is 2.21. The summed E-state index contributed by atoms with van der Waals surface area (Å²) in [5, 5.41) is 2.78. The summed E-state index contributed by atoms with van der Waals surface area (Å²) < 4.78 is 33.1. The molecule has 1 aromatic heterocycles. The van der Waals surface area contributed by atoms with Crippen LogP contribution >= 0.6 is 0 Å². The van der Waals surface area contributed by atoms with Gasteiger partial charge in [-0.1, -0.05) is 25.5 Å². The molecule has 0 unspecified atom stereocenters. The van der Waals surface area contributed by atoms with Gasteiger partial charge in [0.15, 0.2) is 0 Å². The van der Waals surface area contributed by atoms with Gasteiger partial charge in [0.1, 0.15) is 16.3 Å². The lowest BCUT2D eigenvalue weighted by Crippen LogP contribution is -2.18. The zero-order valence-corrected chi connectivity index (χ0v) is 15.4. The molecule has 0 atom stereocenters. The topological polar surface area (TPSA) is 89.4 Å². The van der Waals surface area contributed by atoms with Crippen molar-refractivity contribution >= 4 is 21.6 Å². The standard InChI is InChI=1S/C17H23N3O4S/c1-4-5-10-24-16-9-7-6-8-14(16)19-17(21)15-11-13(12-20(15)3)25(22,23)18-2/h6-9,11-12,18H,4-5,10H2,1-3H3,(H,19,21). The Labute approximate surface area is 148 Å². The number of hydrogen-bond donors (Lipinski definition) is 2. The molecule has 0 bridgehead atoms. The molecule has 136 valence electrons. The average molecular weight is 365 g/mol. The molecule has 8 heteroatoms. The fourth-order valence-electron chi connectivity index (χ4n) is 2.23. The molecule has 1 heterocycles. The molecule has 25 heavy (non-hydrogen) atoms. The molecule has 0 fully saturated rings. The predicted octanol–water partition coefficient (Wildman–Crippen LogP) is 2.36. The smallest absolute Gasteiger partial charge is 0.272 e. The lowest BCUT2D eigenvalue weighted by molar-refractivity contribution is 0.101. The first-order valence-electron chi connectivity index (χ1n) is 8.02. The third-order valence-corrected chi connectivity index (χ3v) is 5.06. The van der Waals surface area contributed by atoms with Gasteiger partial charge in [-0.15, -0.1) is 0 Å². The van der Waals surface area contributed by atoms with E-state index in [1.165, 1.54) is 23.9 Å². The van der Waals surface area contributed by atoms with Gasteiger partial charge in [-0.05, 0) is 31.7 Å². The van der Waals surface area contributed by atoms with Gasteiger partial charge in [-0.2, -0.15) is 0 Å². The number of sulfonamides is 1. The molecule has 0 aliphatic rings. The van der Waals surface area contributed by atoms with E-state index in [0.717, 1.165) is 12.8 Å². The molecule has 0 aliphatic heterocycles. The molecule has 0 aliphatic carbocycles. The van der Waals surface area contributed by atoms with Crippen LogP contribution in [0.5, 0.6) is 5.75 Å². The number of para-hydroxylation sites is 2. The number of ether oxygens (including phenoxy) is 1. The highest BCUT2D eigenvalue weighted by Gasteiger charge is 2.20. The van der Waals surface area contributed by atoms with E-state index in [0.29, 0.717) is 18.0 Å². The monoisotopic (exact) mass is 365 g/mol. The Morgan fingerprint density at radius 3 is 2.68 bits per heavy atom. The summed E-state index contributed by atoms with van der Waals surface area (Å²) in [7, 11) is -0.661. The normalized spacial score (nSPS) is 11.3. The molecule has 0 saturated heterocycles. The van der Waals surface area contributed by atoms with Gasteiger partial charge in [0.2, 0.25) is 10.0 Å². The van der Waals surface area contributed by atoms with Crippen molar-refractivity contribution in [2.45, 2.75) is 24.7 Å². The van der Waals surface area contributed by atoms with Crippen molar-refractivity contribution in [3.05, 3.63) is 42.2 Å². The minimum atomic E-state index is -3.60. The maximum Gasteiger partial charge on any atom is 0.272 e. The predicted molar refractivity (Wildman–Crippen MR) is 96.5 cm³/mol. The van der Waals surface area contributed by atoms with Gasteiger partial charge in [0, 0.05) is 13.2 Å². The Kier molecular flexibility index (Phi) is 6.22. The van der Waals surface area contributed by atoms with Crippen LogP contribution in [0.15, 0.2) is 41.4 Å². The third kappa shape index (κ3) is 4.61.